The van der Waals surface area contributed by atoms with Crippen molar-refractivity contribution >= 4 is 17.6 Å². The Morgan fingerprint density at radius 1 is 1.50 bits per heavy atom. The van der Waals surface area contributed by atoms with Crippen molar-refractivity contribution in [3.63, 3.8) is 0 Å². The molecule has 12 heavy (non-hydrogen) atoms. The van der Waals surface area contributed by atoms with Gasteiger partial charge in [-0.25, -0.2) is 0 Å². The zero-order valence-corrected chi connectivity index (χ0v) is 7.47. The molecule has 0 amide bonds. The number of hydrogen-bond donors (Lipinski definition) is 3. The number of nitrogens with two attached hydrogens (primary N) is 1. The van der Waals surface area contributed by atoms with Crippen LogP contribution in [0.15, 0.2) is 24.3 Å². The second-order valence-electron chi connectivity index (χ2n) is 2.35. The predicted molar refractivity (Wildman–Crippen MR) is 52.6 cm³/mol. The highest BCUT2D eigenvalue weighted by Crippen LogP contribution is 2.10. The summed E-state index contributed by atoms with van der Waals surface area (Å²) in [4.78, 5) is 0. The molecule has 0 heterocycles. The van der Waals surface area contributed by atoms with Crippen molar-refractivity contribution in [1.29, 1.82) is 0 Å². The lowest BCUT2D eigenvalue weighted by Crippen LogP contribution is -2.00. The largest absolute Gasteiger partial charge is 0.392 e. The third-order valence-corrected chi connectivity index (χ3v) is 1.78. The molecule has 0 spiro atoms. The van der Waals surface area contributed by atoms with Crippen LogP contribution in [-0.4, -0.2) is 11.0 Å². The SMILES string of the molecule is NSCNc1cccc(CO)c1. The summed E-state index contributed by atoms with van der Waals surface area (Å²) in [6, 6.07) is 7.61. The smallest absolute Gasteiger partial charge is 0.0752 e. The Kier molecular flexibility index (Phi) is 3.93. The van der Waals surface area contributed by atoms with Crippen molar-refractivity contribution in [3.8, 4) is 0 Å². The molecule has 0 atom stereocenters. The summed E-state index contributed by atoms with van der Waals surface area (Å²) in [5.41, 5.74) is 1.89. The average molecular weight is 184 g/mol. The van der Waals surface area contributed by atoms with E-state index in [4.69, 9.17) is 10.2 Å². The fraction of sp³-hybridized carbons (Fsp3) is 0.250. The molecular weight excluding hydrogens is 172 g/mol. The molecule has 0 bridgehead atoms. The van der Waals surface area contributed by atoms with Gasteiger partial charge in [0.15, 0.2) is 0 Å². The van der Waals surface area contributed by atoms with Crippen molar-refractivity contribution in [3.05, 3.63) is 29.8 Å². The van der Waals surface area contributed by atoms with E-state index in [1.165, 1.54) is 11.9 Å². The van der Waals surface area contributed by atoms with Crippen molar-refractivity contribution in [1.82, 2.24) is 0 Å². The molecule has 0 aromatic heterocycles. The first-order valence-electron chi connectivity index (χ1n) is 3.62. The van der Waals surface area contributed by atoms with Gasteiger partial charge in [-0.1, -0.05) is 24.1 Å². The summed E-state index contributed by atoms with van der Waals surface area (Å²) in [6.07, 6.45) is 0. The summed E-state index contributed by atoms with van der Waals surface area (Å²) in [5, 5.41) is 17.2. The van der Waals surface area contributed by atoms with E-state index in [1.54, 1.807) is 0 Å². The number of hydrogen-bond acceptors (Lipinski definition) is 4. The maximum absolute atomic E-state index is 8.83. The van der Waals surface area contributed by atoms with Crippen LogP contribution in [0.3, 0.4) is 0 Å². The topological polar surface area (TPSA) is 58.3 Å². The van der Waals surface area contributed by atoms with Crippen LogP contribution in [0.5, 0.6) is 0 Å². The molecule has 0 aliphatic carbocycles. The number of anilines is 1. The fourth-order valence-electron chi connectivity index (χ4n) is 0.905. The van der Waals surface area contributed by atoms with Gasteiger partial charge in [0.25, 0.3) is 0 Å². The van der Waals surface area contributed by atoms with E-state index in [2.05, 4.69) is 5.32 Å². The van der Waals surface area contributed by atoms with Gasteiger partial charge in [0.05, 0.1) is 12.5 Å². The number of rotatable bonds is 4. The highest BCUT2D eigenvalue weighted by Gasteiger charge is 1.92. The van der Waals surface area contributed by atoms with E-state index >= 15 is 0 Å². The standard InChI is InChI=1S/C8H12N2OS/c9-12-6-10-8-3-1-2-7(4-8)5-11/h1-4,10-11H,5-6,9H2. The van der Waals surface area contributed by atoms with Gasteiger partial charge >= 0.3 is 0 Å². The molecule has 1 rings (SSSR count). The normalized spacial score (nSPS) is 9.83. The molecule has 0 radical (unpaired) electrons. The van der Waals surface area contributed by atoms with Crippen LogP contribution in [0.1, 0.15) is 5.56 Å². The zero-order valence-electron chi connectivity index (χ0n) is 6.66. The quantitative estimate of drug-likeness (QED) is 0.485. The number of aliphatic hydroxyl groups excluding tert-OH is 1. The third-order valence-electron chi connectivity index (χ3n) is 1.47. The molecule has 0 saturated heterocycles. The van der Waals surface area contributed by atoms with Crippen molar-refractivity contribution in [2.75, 3.05) is 11.2 Å². The predicted octanol–water partition coefficient (Wildman–Crippen LogP) is 1.16. The van der Waals surface area contributed by atoms with Gasteiger partial charge < -0.3 is 10.4 Å². The molecule has 1 aromatic rings. The van der Waals surface area contributed by atoms with E-state index in [0.717, 1.165) is 11.3 Å². The maximum Gasteiger partial charge on any atom is 0.0752 e. The lowest BCUT2D eigenvalue weighted by Gasteiger charge is -2.04. The summed E-state index contributed by atoms with van der Waals surface area (Å²) in [7, 11) is 0. The van der Waals surface area contributed by atoms with E-state index in [9.17, 15) is 0 Å². The first kappa shape index (κ1) is 9.38. The van der Waals surface area contributed by atoms with Gasteiger partial charge in [-0.05, 0) is 17.7 Å². The monoisotopic (exact) mass is 184 g/mol. The Balaban J connectivity index is 2.60. The van der Waals surface area contributed by atoms with Crippen LogP contribution in [0, 0.1) is 0 Å². The molecule has 0 aliphatic heterocycles. The van der Waals surface area contributed by atoms with E-state index < -0.39 is 0 Å². The minimum absolute atomic E-state index is 0.0747. The Morgan fingerprint density at radius 3 is 3.00 bits per heavy atom. The molecule has 0 unspecified atom stereocenters. The van der Waals surface area contributed by atoms with Gasteiger partial charge in [0.1, 0.15) is 0 Å². The number of nitrogens with one attached hydrogen (secondary N) is 1. The summed E-state index contributed by atoms with van der Waals surface area (Å²) in [6.45, 7) is 0.0747. The van der Waals surface area contributed by atoms with E-state index in [0.29, 0.717) is 5.88 Å². The highest BCUT2D eigenvalue weighted by atomic mass is 32.2. The van der Waals surface area contributed by atoms with Crippen LogP contribution >= 0.6 is 11.9 Å². The molecule has 0 aliphatic rings. The highest BCUT2D eigenvalue weighted by molar-refractivity contribution is 7.97. The number of benzene rings is 1. The van der Waals surface area contributed by atoms with Crippen molar-refractivity contribution in [2.24, 2.45) is 5.14 Å². The Bertz CT molecular complexity index is 242. The molecule has 0 fully saturated rings. The van der Waals surface area contributed by atoms with E-state index in [1.807, 2.05) is 24.3 Å². The molecule has 3 nitrogen and oxygen atoms in total. The Morgan fingerprint density at radius 2 is 2.33 bits per heavy atom. The second kappa shape index (κ2) is 5.03. The number of aliphatic hydroxyl groups is 1. The van der Waals surface area contributed by atoms with Crippen LogP contribution in [0.2, 0.25) is 0 Å². The minimum Gasteiger partial charge on any atom is -0.392 e. The molecule has 66 valence electrons. The Labute approximate surface area is 76.1 Å². The summed E-state index contributed by atoms with van der Waals surface area (Å²) < 4.78 is 0. The van der Waals surface area contributed by atoms with Gasteiger partial charge in [-0.15, -0.1) is 0 Å². The summed E-state index contributed by atoms with van der Waals surface area (Å²) in [5.74, 6) is 0.675. The van der Waals surface area contributed by atoms with Gasteiger partial charge in [0, 0.05) is 5.69 Å². The fourth-order valence-corrected chi connectivity index (χ4v) is 1.15. The second-order valence-corrected chi connectivity index (χ2v) is 2.97. The first-order valence-corrected chi connectivity index (χ1v) is 4.67. The molecular formula is C8H12N2OS. The molecule has 0 saturated carbocycles. The van der Waals surface area contributed by atoms with Crippen LogP contribution in [-0.2, 0) is 6.61 Å². The molecule has 4 N–H and O–H groups in total. The van der Waals surface area contributed by atoms with Crippen LogP contribution in [0.25, 0.3) is 0 Å². The van der Waals surface area contributed by atoms with Crippen molar-refractivity contribution in [2.45, 2.75) is 6.61 Å². The van der Waals surface area contributed by atoms with Crippen LogP contribution < -0.4 is 10.5 Å². The van der Waals surface area contributed by atoms with Gasteiger partial charge in [-0.3, -0.25) is 5.14 Å². The molecule has 4 heteroatoms. The van der Waals surface area contributed by atoms with Crippen LogP contribution in [0.4, 0.5) is 5.69 Å². The van der Waals surface area contributed by atoms with Crippen molar-refractivity contribution < 1.29 is 5.11 Å². The molecule has 1 aromatic carbocycles. The first-order chi connectivity index (χ1) is 5.86. The average Bonchev–Trinajstić information content (AvgIpc) is 2.15. The third kappa shape index (κ3) is 2.73. The van der Waals surface area contributed by atoms with E-state index in [-0.39, 0.29) is 6.61 Å². The van der Waals surface area contributed by atoms with Gasteiger partial charge in [0.2, 0.25) is 0 Å². The maximum atomic E-state index is 8.83. The minimum atomic E-state index is 0.0747. The Hall–Kier alpha value is -0.710. The lowest BCUT2D eigenvalue weighted by atomic mass is 10.2. The zero-order chi connectivity index (χ0) is 8.81. The van der Waals surface area contributed by atoms with Gasteiger partial charge in [-0.2, -0.15) is 0 Å². The summed E-state index contributed by atoms with van der Waals surface area (Å²) >= 11 is 1.24. The lowest BCUT2D eigenvalue weighted by molar-refractivity contribution is 0.282.